The second-order valence-electron chi connectivity index (χ2n) is 5.78. The first-order valence-electron chi connectivity index (χ1n) is 8.37. The molecule has 0 unspecified atom stereocenters. The predicted octanol–water partition coefficient (Wildman–Crippen LogP) is 6.35. The molecule has 0 saturated heterocycles. The van der Waals surface area contributed by atoms with Gasteiger partial charge < -0.3 is 9.47 Å². The van der Waals surface area contributed by atoms with Crippen LogP contribution in [0.2, 0.25) is 0 Å². The minimum absolute atomic E-state index is 0.0868. The minimum atomic E-state index is -4.41. The molecule has 0 aliphatic heterocycles. The van der Waals surface area contributed by atoms with Gasteiger partial charge in [-0.2, -0.15) is 13.2 Å². The van der Waals surface area contributed by atoms with Crippen LogP contribution in [-0.4, -0.2) is 6.61 Å². The van der Waals surface area contributed by atoms with Crippen LogP contribution in [0.4, 0.5) is 13.2 Å². The van der Waals surface area contributed by atoms with Crippen LogP contribution in [0, 0.1) is 0 Å². The Kier molecular flexibility index (Phi) is 7.29. The third-order valence-corrected chi connectivity index (χ3v) is 3.63. The number of alkyl halides is 3. The summed E-state index contributed by atoms with van der Waals surface area (Å²) in [5.74, 6) is 1.02. The fraction of sp³-hybridized carbons (Fsp3) is 0.182. The Labute approximate surface area is 157 Å². The minimum Gasteiger partial charge on any atom is -0.489 e. The fourth-order valence-corrected chi connectivity index (χ4v) is 2.36. The van der Waals surface area contributed by atoms with Crippen molar-refractivity contribution in [2.24, 2.45) is 0 Å². The van der Waals surface area contributed by atoms with Crippen LogP contribution in [-0.2, 0) is 12.8 Å². The Morgan fingerprint density at radius 2 is 1.74 bits per heavy atom. The van der Waals surface area contributed by atoms with Gasteiger partial charge in [0.1, 0.15) is 24.7 Å². The van der Waals surface area contributed by atoms with Crippen molar-refractivity contribution in [3.63, 3.8) is 0 Å². The van der Waals surface area contributed by atoms with E-state index >= 15 is 0 Å². The molecule has 0 fully saturated rings. The van der Waals surface area contributed by atoms with Crippen molar-refractivity contribution in [3.8, 4) is 11.5 Å². The quantitative estimate of drug-likeness (QED) is 0.501. The average Bonchev–Trinajstić information content (AvgIpc) is 2.64. The first-order chi connectivity index (χ1) is 12.9. The van der Waals surface area contributed by atoms with Gasteiger partial charge in [-0.25, -0.2) is 0 Å². The van der Waals surface area contributed by atoms with Crippen molar-refractivity contribution >= 4 is 0 Å². The number of rotatable bonds is 8. The molecule has 27 heavy (non-hydrogen) atoms. The summed E-state index contributed by atoms with van der Waals surface area (Å²) in [6.07, 6.45) is 2.95. The Balaban J connectivity index is 1.97. The van der Waals surface area contributed by atoms with Crippen molar-refractivity contribution in [2.75, 3.05) is 6.61 Å². The fourth-order valence-electron chi connectivity index (χ4n) is 2.36. The van der Waals surface area contributed by atoms with E-state index in [1.54, 1.807) is 36.4 Å². The Morgan fingerprint density at radius 1 is 1.04 bits per heavy atom. The van der Waals surface area contributed by atoms with Crippen LogP contribution >= 0.6 is 0 Å². The zero-order chi connectivity index (χ0) is 19.7. The highest BCUT2D eigenvalue weighted by Gasteiger charge is 2.32. The lowest BCUT2D eigenvalue weighted by molar-refractivity contribution is -0.138. The van der Waals surface area contributed by atoms with E-state index in [2.05, 4.69) is 6.58 Å². The number of benzene rings is 2. The summed E-state index contributed by atoms with van der Waals surface area (Å²) in [5.41, 5.74) is 0.447. The van der Waals surface area contributed by atoms with Crippen molar-refractivity contribution in [2.45, 2.75) is 19.7 Å². The number of halogens is 3. The molecule has 0 N–H and O–H groups in total. The molecule has 2 aromatic rings. The van der Waals surface area contributed by atoms with Gasteiger partial charge in [0.25, 0.3) is 0 Å². The van der Waals surface area contributed by atoms with Gasteiger partial charge in [0.2, 0.25) is 0 Å². The molecule has 0 saturated carbocycles. The molecular formula is C22H21F3O2. The van der Waals surface area contributed by atoms with Gasteiger partial charge in [0, 0.05) is 11.6 Å². The topological polar surface area (TPSA) is 18.5 Å². The average molecular weight is 374 g/mol. The molecule has 2 rings (SSSR count). The van der Waals surface area contributed by atoms with Gasteiger partial charge in [0.15, 0.2) is 0 Å². The van der Waals surface area contributed by atoms with Gasteiger partial charge >= 0.3 is 6.18 Å². The standard InChI is InChI=1S/C22H21F3O2/c1-3-8-17(2)9-7-14-26-19-11-6-12-20(15-19)27-16-18-10-4-5-13-21(18)22(23,24)25/h3-13,15H,1,14,16H2,2H3/b9-7-,17-8-. The maximum absolute atomic E-state index is 13.0. The number of hydrogen-bond donors (Lipinski definition) is 0. The van der Waals surface area contributed by atoms with Crippen molar-refractivity contribution in [3.05, 3.63) is 96.1 Å². The van der Waals surface area contributed by atoms with Crippen molar-refractivity contribution in [1.29, 1.82) is 0 Å². The summed E-state index contributed by atoms with van der Waals surface area (Å²) >= 11 is 0. The van der Waals surface area contributed by atoms with Gasteiger partial charge in [-0.3, -0.25) is 0 Å². The van der Waals surface area contributed by atoms with Crippen LogP contribution in [0.3, 0.4) is 0 Å². The van der Waals surface area contributed by atoms with E-state index in [1.165, 1.54) is 12.1 Å². The van der Waals surface area contributed by atoms with Crippen molar-refractivity contribution < 1.29 is 22.6 Å². The highest BCUT2D eigenvalue weighted by atomic mass is 19.4. The molecule has 0 aliphatic carbocycles. The van der Waals surface area contributed by atoms with Crippen LogP contribution in [0.25, 0.3) is 0 Å². The molecule has 0 aromatic heterocycles. The molecule has 142 valence electrons. The molecular weight excluding hydrogens is 353 g/mol. The van der Waals surface area contributed by atoms with E-state index in [4.69, 9.17) is 9.47 Å². The summed E-state index contributed by atoms with van der Waals surface area (Å²) < 4.78 is 50.2. The van der Waals surface area contributed by atoms with E-state index < -0.39 is 11.7 Å². The zero-order valence-corrected chi connectivity index (χ0v) is 15.0. The molecule has 0 bridgehead atoms. The SMILES string of the molecule is C=C/C=C(C)\C=C/COc1cccc(OCc2ccccc2C(F)(F)F)c1. The molecule has 0 heterocycles. The first kappa shape index (κ1) is 20.4. The molecule has 0 radical (unpaired) electrons. The Hall–Kier alpha value is -2.95. The molecule has 2 nitrogen and oxygen atoms in total. The van der Waals surface area contributed by atoms with Crippen molar-refractivity contribution in [1.82, 2.24) is 0 Å². The number of hydrogen-bond acceptors (Lipinski definition) is 2. The maximum Gasteiger partial charge on any atom is 0.416 e. The summed E-state index contributed by atoms with van der Waals surface area (Å²) in [7, 11) is 0. The highest BCUT2D eigenvalue weighted by molar-refractivity contribution is 5.34. The van der Waals surface area contributed by atoms with E-state index in [-0.39, 0.29) is 12.2 Å². The lowest BCUT2D eigenvalue weighted by Gasteiger charge is -2.14. The smallest absolute Gasteiger partial charge is 0.416 e. The molecule has 0 aliphatic rings. The molecule has 2 aromatic carbocycles. The van der Waals surface area contributed by atoms with Crippen LogP contribution in [0.15, 0.2) is 85.0 Å². The maximum atomic E-state index is 13.0. The van der Waals surface area contributed by atoms with Gasteiger partial charge in [-0.05, 0) is 31.2 Å². The summed E-state index contributed by atoms with van der Waals surface area (Å²) in [5, 5.41) is 0. The molecule has 0 amide bonds. The van der Waals surface area contributed by atoms with E-state index in [0.717, 1.165) is 11.6 Å². The number of ether oxygens (including phenoxy) is 2. The normalized spacial score (nSPS) is 12.2. The molecule has 0 atom stereocenters. The molecule has 0 spiro atoms. The van der Waals surface area contributed by atoms with E-state index in [0.29, 0.717) is 18.1 Å². The van der Waals surface area contributed by atoms with Gasteiger partial charge in [-0.1, -0.05) is 54.6 Å². The lowest BCUT2D eigenvalue weighted by atomic mass is 10.1. The predicted molar refractivity (Wildman–Crippen MR) is 101 cm³/mol. The van der Waals surface area contributed by atoms with E-state index in [1.807, 2.05) is 25.2 Å². The number of allylic oxidation sites excluding steroid dienone is 4. The zero-order valence-electron chi connectivity index (χ0n) is 15.0. The first-order valence-corrected chi connectivity index (χ1v) is 8.37. The monoisotopic (exact) mass is 374 g/mol. The van der Waals surface area contributed by atoms with E-state index in [9.17, 15) is 13.2 Å². The summed E-state index contributed by atoms with van der Waals surface area (Å²) in [6, 6.07) is 12.2. The highest BCUT2D eigenvalue weighted by Crippen LogP contribution is 2.32. The third-order valence-electron chi connectivity index (χ3n) is 3.63. The second kappa shape index (κ2) is 9.67. The van der Waals surface area contributed by atoms with Crippen LogP contribution in [0.5, 0.6) is 11.5 Å². The van der Waals surface area contributed by atoms with Gasteiger partial charge in [-0.15, -0.1) is 0 Å². The summed E-state index contributed by atoms with van der Waals surface area (Å²) in [4.78, 5) is 0. The Morgan fingerprint density at radius 3 is 2.44 bits per heavy atom. The summed E-state index contributed by atoms with van der Waals surface area (Å²) in [6.45, 7) is 5.76. The second-order valence-corrected chi connectivity index (χ2v) is 5.78. The van der Waals surface area contributed by atoms with Gasteiger partial charge in [0.05, 0.1) is 5.56 Å². The Bertz CT molecular complexity index is 820. The largest absolute Gasteiger partial charge is 0.489 e. The van der Waals surface area contributed by atoms with Crippen LogP contribution < -0.4 is 9.47 Å². The molecule has 5 heteroatoms. The third kappa shape index (κ3) is 6.70. The lowest BCUT2D eigenvalue weighted by Crippen LogP contribution is -2.10. The van der Waals surface area contributed by atoms with Crippen LogP contribution in [0.1, 0.15) is 18.1 Å².